The van der Waals surface area contributed by atoms with Crippen molar-refractivity contribution in [3.8, 4) is 23.0 Å². The standard InChI is InChI=1S/C29H24N2O6/c32-27(31-22-13-17-26(18-14-22)37-24-9-5-2-6-10-24)20-35-28(33)19-30-29(34)21-11-15-25(16-12-21)36-23-7-3-1-4-8-23/h1-18H,19-20H2,(H,30,34)(H,31,32). The average Bonchev–Trinajstić information content (AvgIpc) is 2.93. The molecule has 0 heterocycles. The van der Waals surface area contributed by atoms with Crippen LogP contribution in [-0.4, -0.2) is 30.9 Å². The highest BCUT2D eigenvalue weighted by atomic mass is 16.5. The Morgan fingerprint density at radius 1 is 0.595 bits per heavy atom. The van der Waals surface area contributed by atoms with Crippen LogP contribution in [0.15, 0.2) is 109 Å². The lowest BCUT2D eigenvalue weighted by Crippen LogP contribution is -2.32. The van der Waals surface area contributed by atoms with Crippen LogP contribution in [0.5, 0.6) is 23.0 Å². The molecule has 8 heteroatoms. The summed E-state index contributed by atoms with van der Waals surface area (Å²) in [7, 11) is 0. The van der Waals surface area contributed by atoms with Gasteiger partial charge in [-0.25, -0.2) is 0 Å². The summed E-state index contributed by atoms with van der Waals surface area (Å²) in [5.74, 6) is 0.874. The molecule has 186 valence electrons. The molecule has 0 unspecified atom stereocenters. The number of benzene rings is 4. The third-order valence-corrected chi connectivity index (χ3v) is 4.97. The lowest BCUT2D eigenvalue weighted by molar-refractivity contribution is -0.146. The van der Waals surface area contributed by atoms with E-state index in [1.165, 1.54) is 0 Å². The van der Waals surface area contributed by atoms with Crippen LogP contribution in [0, 0.1) is 0 Å². The molecule has 8 nitrogen and oxygen atoms in total. The highest BCUT2D eigenvalue weighted by Gasteiger charge is 2.12. The number of hydrogen-bond acceptors (Lipinski definition) is 6. The Balaban J connectivity index is 1.16. The second-order valence-corrected chi connectivity index (χ2v) is 7.77. The molecule has 0 bridgehead atoms. The third kappa shape index (κ3) is 7.97. The monoisotopic (exact) mass is 496 g/mol. The minimum atomic E-state index is -0.737. The van der Waals surface area contributed by atoms with Crippen molar-refractivity contribution in [3.05, 3.63) is 115 Å². The summed E-state index contributed by atoms with van der Waals surface area (Å²) in [6, 6.07) is 31.8. The Labute approximate surface area is 213 Å². The molecule has 37 heavy (non-hydrogen) atoms. The number of ether oxygens (including phenoxy) is 3. The van der Waals surface area contributed by atoms with Gasteiger partial charge in [0.25, 0.3) is 11.8 Å². The van der Waals surface area contributed by atoms with Crippen LogP contribution in [0.25, 0.3) is 0 Å². The van der Waals surface area contributed by atoms with Crippen LogP contribution >= 0.6 is 0 Å². The van der Waals surface area contributed by atoms with Crippen LogP contribution in [-0.2, 0) is 14.3 Å². The van der Waals surface area contributed by atoms with Crippen molar-refractivity contribution < 1.29 is 28.6 Å². The van der Waals surface area contributed by atoms with E-state index in [1.807, 2.05) is 60.7 Å². The maximum Gasteiger partial charge on any atom is 0.325 e. The van der Waals surface area contributed by atoms with Gasteiger partial charge < -0.3 is 24.8 Å². The molecule has 0 saturated carbocycles. The van der Waals surface area contributed by atoms with Crippen molar-refractivity contribution in [2.75, 3.05) is 18.5 Å². The molecule has 0 radical (unpaired) electrons. The van der Waals surface area contributed by atoms with Gasteiger partial charge in [0.05, 0.1) is 0 Å². The summed E-state index contributed by atoms with van der Waals surface area (Å²) in [6.45, 7) is -0.859. The molecular formula is C29H24N2O6. The molecule has 0 aliphatic rings. The van der Waals surface area contributed by atoms with Gasteiger partial charge in [-0.1, -0.05) is 36.4 Å². The smallest absolute Gasteiger partial charge is 0.325 e. The zero-order valence-corrected chi connectivity index (χ0v) is 19.8. The molecule has 0 saturated heterocycles. The molecule has 4 rings (SSSR count). The van der Waals surface area contributed by atoms with E-state index in [-0.39, 0.29) is 6.54 Å². The van der Waals surface area contributed by atoms with Crippen molar-refractivity contribution in [1.29, 1.82) is 0 Å². The topological polar surface area (TPSA) is 103 Å². The summed E-state index contributed by atoms with van der Waals surface area (Å²) < 4.78 is 16.3. The van der Waals surface area contributed by atoms with Gasteiger partial charge in [0.15, 0.2) is 6.61 Å². The lowest BCUT2D eigenvalue weighted by atomic mass is 10.2. The van der Waals surface area contributed by atoms with Crippen molar-refractivity contribution in [1.82, 2.24) is 5.32 Å². The Morgan fingerprint density at radius 2 is 1.08 bits per heavy atom. The summed E-state index contributed by atoms with van der Waals surface area (Å²) in [4.78, 5) is 36.3. The molecule has 4 aromatic rings. The van der Waals surface area contributed by atoms with Crippen molar-refractivity contribution in [3.63, 3.8) is 0 Å². The number of nitrogens with one attached hydrogen (secondary N) is 2. The Hall–Kier alpha value is -5.11. The molecule has 0 aromatic heterocycles. The number of anilines is 1. The van der Waals surface area contributed by atoms with E-state index in [0.29, 0.717) is 34.2 Å². The second-order valence-electron chi connectivity index (χ2n) is 7.77. The fourth-order valence-corrected chi connectivity index (χ4v) is 3.18. The molecular weight excluding hydrogens is 472 g/mol. The van der Waals surface area contributed by atoms with Gasteiger partial charge in [-0.3, -0.25) is 14.4 Å². The van der Waals surface area contributed by atoms with E-state index in [1.54, 1.807) is 48.5 Å². The number of hydrogen-bond donors (Lipinski definition) is 2. The summed E-state index contributed by atoms with van der Waals surface area (Å²) in [5.41, 5.74) is 0.875. The predicted octanol–water partition coefficient (Wildman–Crippen LogP) is 5.18. The van der Waals surface area contributed by atoms with Gasteiger partial charge in [-0.2, -0.15) is 0 Å². The summed E-state index contributed by atoms with van der Waals surface area (Å²) >= 11 is 0. The van der Waals surface area contributed by atoms with Crippen LogP contribution in [0.3, 0.4) is 0 Å². The maximum absolute atomic E-state index is 12.3. The van der Waals surface area contributed by atoms with Crippen LogP contribution in [0.4, 0.5) is 5.69 Å². The predicted molar refractivity (Wildman–Crippen MR) is 138 cm³/mol. The number of carbonyl (C=O) groups excluding carboxylic acids is 3. The second kappa shape index (κ2) is 12.6. The first kappa shape index (κ1) is 25.0. The molecule has 0 atom stereocenters. The average molecular weight is 497 g/mol. The zero-order chi connectivity index (χ0) is 25.9. The maximum atomic E-state index is 12.3. The number of para-hydroxylation sites is 2. The molecule has 0 spiro atoms. The van der Waals surface area contributed by atoms with E-state index in [2.05, 4.69) is 10.6 Å². The normalized spacial score (nSPS) is 10.2. The Kier molecular flexibility index (Phi) is 8.48. The van der Waals surface area contributed by atoms with Crippen molar-refractivity contribution >= 4 is 23.5 Å². The number of amides is 2. The van der Waals surface area contributed by atoms with E-state index < -0.39 is 24.4 Å². The van der Waals surface area contributed by atoms with Crippen molar-refractivity contribution in [2.45, 2.75) is 0 Å². The van der Waals surface area contributed by atoms with Crippen LogP contribution in [0.2, 0.25) is 0 Å². The molecule has 4 aromatic carbocycles. The van der Waals surface area contributed by atoms with Gasteiger partial charge in [-0.15, -0.1) is 0 Å². The SMILES string of the molecule is O=C(COC(=O)CNC(=O)c1ccc(Oc2ccccc2)cc1)Nc1ccc(Oc2ccccc2)cc1. The number of rotatable bonds is 10. The van der Waals surface area contributed by atoms with Gasteiger partial charge in [0.2, 0.25) is 0 Å². The minimum Gasteiger partial charge on any atom is -0.457 e. The third-order valence-electron chi connectivity index (χ3n) is 4.97. The summed E-state index contributed by atoms with van der Waals surface area (Å²) in [6.07, 6.45) is 0. The van der Waals surface area contributed by atoms with Crippen molar-refractivity contribution in [2.24, 2.45) is 0 Å². The first-order chi connectivity index (χ1) is 18.0. The highest BCUT2D eigenvalue weighted by molar-refractivity contribution is 5.96. The Morgan fingerprint density at radius 3 is 1.62 bits per heavy atom. The van der Waals surface area contributed by atoms with E-state index in [9.17, 15) is 14.4 Å². The fourth-order valence-electron chi connectivity index (χ4n) is 3.18. The first-order valence-electron chi connectivity index (χ1n) is 11.4. The van der Waals surface area contributed by atoms with Crippen LogP contribution in [0.1, 0.15) is 10.4 Å². The van der Waals surface area contributed by atoms with E-state index >= 15 is 0 Å². The highest BCUT2D eigenvalue weighted by Crippen LogP contribution is 2.23. The molecule has 0 aliphatic carbocycles. The van der Waals surface area contributed by atoms with Crippen LogP contribution < -0.4 is 20.1 Å². The Bertz CT molecular complexity index is 1320. The zero-order valence-electron chi connectivity index (χ0n) is 19.8. The largest absolute Gasteiger partial charge is 0.457 e. The minimum absolute atomic E-state index is 0.352. The number of carbonyl (C=O) groups is 3. The van der Waals surface area contributed by atoms with Gasteiger partial charge >= 0.3 is 5.97 Å². The number of esters is 1. The molecule has 2 amide bonds. The quantitative estimate of drug-likeness (QED) is 0.293. The van der Waals surface area contributed by atoms with E-state index in [0.717, 1.165) is 0 Å². The van der Waals surface area contributed by atoms with E-state index in [4.69, 9.17) is 14.2 Å². The molecule has 0 fully saturated rings. The van der Waals surface area contributed by atoms with Gasteiger partial charge in [-0.05, 0) is 72.8 Å². The fraction of sp³-hybridized carbons (Fsp3) is 0.0690. The molecule has 2 N–H and O–H groups in total. The lowest BCUT2D eigenvalue weighted by Gasteiger charge is -2.09. The summed E-state index contributed by atoms with van der Waals surface area (Å²) in [5, 5.41) is 5.10. The van der Waals surface area contributed by atoms with Gasteiger partial charge in [0.1, 0.15) is 29.5 Å². The van der Waals surface area contributed by atoms with Gasteiger partial charge in [0, 0.05) is 11.3 Å². The molecule has 0 aliphatic heterocycles. The first-order valence-corrected chi connectivity index (χ1v) is 11.4.